The van der Waals surface area contributed by atoms with Crippen LogP contribution in [0.3, 0.4) is 0 Å². The maximum atomic E-state index is 13.6. The van der Waals surface area contributed by atoms with Crippen LogP contribution in [0.15, 0.2) is 12.1 Å². The smallest absolute Gasteiger partial charge is 0.161 e. The van der Waals surface area contributed by atoms with E-state index in [1.54, 1.807) is 0 Å². The minimum atomic E-state index is -0.874. The van der Waals surface area contributed by atoms with Gasteiger partial charge in [-0.25, -0.2) is 13.8 Å². The summed E-state index contributed by atoms with van der Waals surface area (Å²) in [5.74, 6) is -0.178. The zero-order valence-electron chi connectivity index (χ0n) is 13.2. The van der Waals surface area contributed by atoms with Crippen molar-refractivity contribution in [2.24, 2.45) is 5.92 Å². The highest BCUT2D eigenvalue weighted by Crippen LogP contribution is 2.28. The van der Waals surface area contributed by atoms with E-state index in [0.717, 1.165) is 30.7 Å². The van der Waals surface area contributed by atoms with E-state index in [-0.39, 0.29) is 0 Å². The molecule has 0 radical (unpaired) electrons. The highest BCUT2D eigenvalue weighted by Gasteiger charge is 2.17. The molecule has 0 aliphatic heterocycles. The first kappa shape index (κ1) is 15.9. The Labute approximate surface area is 134 Å². The van der Waals surface area contributed by atoms with E-state index >= 15 is 0 Å². The van der Waals surface area contributed by atoms with Crippen molar-refractivity contribution in [1.29, 1.82) is 5.26 Å². The normalized spacial score (nSPS) is 15.9. The number of aromatic nitrogens is 2. The first-order chi connectivity index (χ1) is 11.2. The molecule has 0 spiro atoms. The van der Waals surface area contributed by atoms with Crippen molar-refractivity contribution in [2.45, 2.75) is 57.9 Å². The zero-order valence-corrected chi connectivity index (χ0v) is 13.2. The number of halogens is 2. The van der Waals surface area contributed by atoms with Gasteiger partial charge in [-0.3, -0.25) is 0 Å². The molecule has 1 heterocycles. The van der Waals surface area contributed by atoms with Gasteiger partial charge in [0.15, 0.2) is 11.6 Å². The Hall–Kier alpha value is -1.96. The average molecular weight is 317 g/mol. The summed E-state index contributed by atoms with van der Waals surface area (Å²) in [5, 5.41) is 8.84. The van der Waals surface area contributed by atoms with Crippen molar-refractivity contribution in [1.82, 2.24) is 9.55 Å². The Bertz CT molecular complexity index is 724. The number of aryl methyl sites for hydroxylation is 2. The second-order valence-electron chi connectivity index (χ2n) is 6.39. The number of benzene rings is 1. The molecule has 1 aliphatic carbocycles. The van der Waals surface area contributed by atoms with Crippen molar-refractivity contribution in [3.63, 3.8) is 0 Å². The van der Waals surface area contributed by atoms with E-state index in [1.807, 2.05) is 4.57 Å². The molecule has 1 fully saturated rings. The molecule has 2 aromatic rings. The van der Waals surface area contributed by atoms with Gasteiger partial charge in [-0.2, -0.15) is 5.26 Å². The minimum Gasteiger partial charge on any atom is -0.327 e. The van der Waals surface area contributed by atoms with Crippen molar-refractivity contribution >= 4 is 11.0 Å². The lowest BCUT2D eigenvalue weighted by Gasteiger charge is -2.21. The van der Waals surface area contributed by atoms with Crippen LogP contribution in [0.5, 0.6) is 0 Å². The van der Waals surface area contributed by atoms with Crippen molar-refractivity contribution < 1.29 is 8.78 Å². The third kappa shape index (κ3) is 3.52. The van der Waals surface area contributed by atoms with Gasteiger partial charge < -0.3 is 4.57 Å². The van der Waals surface area contributed by atoms with E-state index in [9.17, 15) is 8.78 Å². The lowest BCUT2D eigenvalue weighted by molar-refractivity contribution is 0.336. The summed E-state index contributed by atoms with van der Waals surface area (Å²) in [4.78, 5) is 4.50. The predicted molar refractivity (Wildman–Crippen MR) is 84.8 cm³/mol. The zero-order chi connectivity index (χ0) is 16.2. The Balaban J connectivity index is 1.86. The molecule has 1 aromatic carbocycles. The number of nitriles is 1. The van der Waals surface area contributed by atoms with Gasteiger partial charge in [0.05, 0.1) is 23.5 Å². The quantitative estimate of drug-likeness (QED) is 0.799. The number of hydrogen-bond acceptors (Lipinski definition) is 2. The summed E-state index contributed by atoms with van der Waals surface area (Å²) < 4.78 is 28.9. The molecule has 3 nitrogen and oxygen atoms in total. The van der Waals surface area contributed by atoms with Gasteiger partial charge in [0.2, 0.25) is 0 Å². The molecular weight excluding hydrogens is 296 g/mol. The molecule has 0 unspecified atom stereocenters. The largest absolute Gasteiger partial charge is 0.327 e. The van der Waals surface area contributed by atoms with Gasteiger partial charge in [0.25, 0.3) is 0 Å². The maximum Gasteiger partial charge on any atom is 0.161 e. The Morgan fingerprint density at radius 1 is 1.17 bits per heavy atom. The van der Waals surface area contributed by atoms with Crippen LogP contribution < -0.4 is 0 Å². The first-order valence-electron chi connectivity index (χ1n) is 8.40. The third-order valence-electron chi connectivity index (χ3n) is 4.82. The van der Waals surface area contributed by atoms with Crippen LogP contribution >= 0.6 is 0 Å². The standard InChI is InChI=1S/C18H21F2N3/c19-14-11-16-17(12-15(14)20)23(10-4-9-21)18(22-16)8-7-13-5-2-1-3-6-13/h11-13H,1-8,10H2. The summed E-state index contributed by atoms with van der Waals surface area (Å²) in [7, 11) is 0. The molecule has 1 saturated carbocycles. The topological polar surface area (TPSA) is 41.6 Å². The molecule has 1 aromatic heterocycles. The van der Waals surface area contributed by atoms with Crippen LogP contribution in [0.1, 0.15) is 50.8 Å². The third-order valence-corrected chi connectivity index (χ3v) is 4.82. The number of hydrogen-bond donors (Lipinski definition) is 0. The molecule has 0 amide bonds. The summed E-state index contributed by atoms with van der Waals surface area (Å²) in [6.07, 6.45) is 8.65. The van der Waals surface area contributed by atoms with E-state index in [0.29, 0.717) is 24.0 Å². The fourth-order valence-corrected chi connectivity index (χ4v) is 3.58. The molecule has 0 saturated heterocycles. The van der Waals surface area contributed by atoms with Gasteiger partial charge in [0, 0.05) is 25.1 Å². The van der Waals surface area contributed by atoms with Crippen LogP contribution in [0.2, 0.25) is 0 Å². The number of rotatable bonds is 5. The summed E-state index contributed by atoms with van der Waals surface area (Å²) in [5.41, 5.74) is 1.05. The lowest BCUT2D eigenvalue weighted by atomic mass is 9.86. The maximum absolute atomic E-state index is 13.6. The molecule has 0 atom stereocenters. The molecule has 0 N–H and O–H groups in total. The van der Waals surface area contributed by atoms with Crippen LogP contribution in [-0.4, -0.2) is 9.55 Å². The molecule has 23 heavy (non-hydrogen) atoms. The Morgan fingerprint density at radius 2 is 1.91 bits per heavy atom. The number of fused-ring (bicyclic) bond motifs is 1. The molecule has 1 aliphatic rings. The predicted octanol–water partition coefficient (Wildman–Crippen LogP) is 4.74. The second kappa shape index (κ2) is 7.08. The van der Waals surface area contributed by atoms with E-state index in [4.69, 9.17) is 5.26 Å². The fraction of sp³-hybridized carbons (Fsp3) is 0.556. The van der Waals surface area contributed by atoms with E-state index < -0.39 is 11.6 Å². The second-order valence-corrected chi connectivity index (χ2v) is 6.39. The van der Waals surface area contributed by atoms with Crippen LogP contribution in [0, 0.1) is 28.9 Å². The monoisotopic (exact) mass is 317 g/mol. The molecule has 5 heteroatoms. The Kier molecular flexibility index (Phi) is 4.90. The summed E-state index contributed by atoms with van der Waals surface area (Å²) in [6.45, 7) is 0.470. The summed E-state index contributed by atoms with van der Waals surface area (Å²) in [6, 6.07) is 4.46. The summed E-state index contributed by atoms with van der Waals surface area (Å²) >= 11 is 0. The number of imidazole rings is 1. The molecule has 0 bridgehead atoms. The fourth-order valence-electron chi connectivity index (χ4n) is 3.58. The minimum absolute atomic E-state index is 0.334. The van der Waals surface area contributed by atoms with Crippen LogP contribution in [0.25, 0.3) is 11.0 Å². The van der Waals surface area contributed by atoms with Crippen molar-refractivity contribution in [3.8, 4) is 6.07 Å². The lowest BCUT2D eigenvalue weighted by Crippen LogP contribution is -2.10. The van der Waals surface area contributed by atoms with Crippen LogP contribution in [-0.2, 0) is 13.0 Å². The molecule has 3 rings (SSSR count). The highest BCUT2D eigenvalue weighted by atomic mass is 19.2. The van der Waals surface area contributed by atoms with E-state index in [2.05, 4.69) is 11.1 Å². The molecular formula is C18H21F2N3. The number of nitrogens with zero attached hydrogens (tertiary/aromatic N) is 3. The first-order valence-corrected chi connectivity index (χ1v) is 8.40. The van der Waals surface area contributed by atoms with Crippen molar-refractivity contribution in [2.75, 3.05) is 0 Å². The van der Waals surface area contributed by atoms with Crippen molar-refractivity contribution in [3.05, 3.63) is 29.6 Å². The average Bonchev–Trinajstić information content (AvgIpc) is 2.89. The van der Waals surface area contributed by atoms with Gasteiger partial charge >= 0.3 is 0 Å². The van der Waals surface area contributed by atoms with E-state index in [1.165, 1.54) is 38.2 Å². The highest BCUT2D eigenvalue weighted by molar-refractivity contribution is 5.76. The van der Waals surface area contributed by atoms with Gasteiger partial charge in [-0.15, -0.1) is 0 Å². The Morgan fingerprint density at radius 3 is 2.65 bits per heavy atom. The van der Waals surface area contributed by atoms with Gasteiger partial charge in [-0.1, -0.05) is 32.1 Å². The van der Waals surface area contributed by atoms with Gasteiger partial charge in [0.1, 0.15) is 5.82 Å². The van der Waals surface area contributed by atoms with Crippen LogP contribution in [0.4, 0.5) is 8.78 Å². The molecule has 122 valence electrons. The SMILES string of the molecule is N#CCCn1c(CCC2CCCCC2)nc2cc(F)c(F)cc21. The van der Waals surface area contributed by atoms with Gasteiger partial charge in [-0.05, 0) is 12.3 Å².